The van der Waals surface area contributed by atoms with Crippen LogP contribution in [0.5, 0.6) is 0 Å². The molecule has 0 atom stereocenters. The molecule has 106 valence electrons. The molecule has 0 saturated carbocycles. The molecule has 1 saturated heterocycles. The second kappa shape index (κ2) is 5.20. The van der Waals surface area contributed by atoms with Gasteiger partial charge in [0, 0.05) is 12.1 Å². The van der Waals surface area contributed by atoms with Gasteiger partial charge in [-0.2, -0.15) is 5.10 Å². The normalized spacial score (nSPS) is 17.5. The fourth-order valence-corrected chi connectivity index (χ4v) is 2.63. The molecule has 0 N–H and O–H groups in total. The van der Waals surface area contributed by atoms with Gasteiger partial charge in [-0.25, -0.2) is 14.3 Å². The molecule has 0 bridgehead atoms. The maximum atomic E-state index is 11.7. The van der Waals surface area contributed by atoms with Crippen LogP contribution in [0.3, 0.4) is 0 Å². The van der Waals surface area contributed by atoms with Crippen LogP contribution < -0.4 is 0 Å². The van der Waals surface area contributed by atoms with Crippen LogP contribution in [0, 0.1) is 0 Å². The molecule has 0 unspecified atom stereocenters. The third-order valence-corrected chi connectivity index (χ3v) is 3.87. The van der Waals surface area contributed by atoms with Crippen molar-refractivity contribution < 1.29 is 9.53 Å². The molecule has 0 amide bonds. The number of pyridine rings is 1. The van der Waals surface area contributed by atoms with E-state index in [2.05, 4.69) is 22.0 Å². The monoisotopic (exact) mass is 274 g/mol. The Bertz CT molecular complexity index is 629. The highest BCUT2D eigenvalue weighted by molar-refractivity contribution is 5.95. The lowest BCUT2D eigenvalue weighted by atomic mass is 9.97. The van der Waals surface area contributed by atoms with Gasteiger partial charge in [0.2, 0.25) is 0 Å². The van der Waals surface area contributed by atoms with Crippen LogP contribution >= 0.6 is 0 Å². The molecule has 1 aliphatic rings. The van der Waals surface area contributed by atoms with Gasteiger partial charge in [-0.1, -0.05) is 0 Å². The van der Waals surface area contributed by atoms with Crippen molar-refractivity contribution in [2.24, 2.45) is 0 Å². The fourth-order valence-electron chi connectivity index (χ4n) is 2.63. The van der Waals surface area contributed by atoms with Crippen molar-refractivity contribution in [2.75, 3.05) is 27.2 Å². The van der Waals surface area contributed by atoms with Gasteiger partial charge >= 0.3 is 5.97 Å². The Morgan fingerprint density at radius 2 is 2.15 bits per heavy atom. The Hall–Kier alpha value is -1.95. The number of rotatable bonds is 2. The van der Waals surface area contributed by atoms with Crippen molar-refractivity contribution in [3.8, 4) is 0 Å². The minimum absolute atomic E-state index is 0.372. The summed E-state index contributed by atoms with van der Waals surface area (Å²) < 4.78 is 6.45. The molecule has 0 radical (unpaired) electrons. The van der Waals surface area contributed by atoms with E-state index in [0.717, 1.165) is 31.8 Å². The van der Waals surface area contributed by atoms with Crippen molar-refractivity contribution in [2.45, 2.75) is 18.8 Å². The lowest BCUT2D eigenvalue weighted by Crippen LogP contribution is -2.29. The Morgan fingerprint density at radius 3 is 2.85 bits per heavy atom. The van der Waals surface area contributed by atoms with Crippen LogP contribution in [0.4, 0.5) is 0 Å². The summed E-state index contributed by atoms with van der Waals surface area (Å²) >= 11 is 0. The number of carbonyl (C=O) groups excluding carboxylic acids is 1. The van der Waals surface area contributed by atoms with Gasteiger partial charge in [0.05, 0.1) is 7.11 Å². The van der Waals surface area contributed by atoms with E-state index < -0.39 is 0 Å². The summed E-state index contributed by atoms with van der Waals surface area (Å²) in [5, 5.41) is 4.52. The van der Waals surface area contributed by atoms with Crippen molar-refractivity contribution >= 4 is 11.6 Å². The summed E-state index contributed by atoms with van der Waals surface area (Å²) in [6.07, 6.45) is 3.93. The number of likely N-dealkylation sites (tertiary alicyclic amines) is 1. The van der Waals surface area contributed by atoms with Crippen molar-refractivity contribution in [3.63, 3.8) is 0 Å². The molecule has 3 heterocycles. The number of esters is 1. The summed E-state index contributed by atoms with van der Waals surface area (Å²) in [5.41, 5.74) is 1.04. The van der Waals surface area contributed by atoms with Crippen LogP contribution in [0.25, 0.3) is 5.65 Å². The van der Waals surface area contributed by atoms with E-state index in [1.807, 2.05) is 6.20 Å². The molecule has 0 spiro atoms. The number of hydrogen-bond donors (Lipinski definition) is 0. The first-order chi connectivity index (χ1) is 9.69. The predicted octanol–water partition coefficient (Wildman–Crippen LogP) is 1.33. The molecule has 2 aromatic rings. The highest BCUT2D eigenvalue weighted by Gasteiger charge is 2.23. The number of nitrogens with zero attached hydrogens (tertiary/aromatic N) is 4. The van der Waals surface area contributed by atoms with E-state index in [1.165, 1.54) is 7.11 Å². The zero-order chi connectivity index (χ0) is 14.1. The average molecular weight is 274 g/mol. The Kier molecular flexibility index (Phi) is 3.40. The summed E-state index contributed by atoms with van der Waals surface area (Å²) in [5.74, 6) is 0.823. The highest BCUT2D eigenvalue weighted by Crippen LogP contribution is 2.25. The average Bonchev–Trinajstić information content (AvgIpc) is 2.91. The van der Waals surface area contributed by atoms with Crippen LogP contribution in [0.15, 0.2) is 18.3 Å². The largest absolute Gasteiger partial charge is 0.465 e. The topological polar surface area (TPSA) is 59.7 Å². The SMILES string of the molecule is COC(=O)c1cccn2nc(C3CCN(C)CC3)nc12. The quantitative estimate of drug-likeness (QED) is 0.773. The van der Waals surface area contributed by atoms with E-state index in [9.17, 15) is 4.79 Å². The van der Waals surface area contributed by atoms with Crippen molar-refractivity contribution in [1.29, 1.82) is 0 Å². The standard InChI is InChI=1S/C14H18N4O2/c1-17-8-5-10(6-9-17)12-15-13-11(14(19)20-2)4-3-7-18(13)16-12/h3-4,7,10H,5-6,8-9H2,1-2H3. The maximum absolute atomic E-state index is 11.7. The van der Waals surface area contributed by atoms with Gasteiger partial charge in [-0.3, -0.25) is 0 Å². The van der Waals surface area contributed by atoms with Gasteiger partial charge in [-0.15, -0.1) is 0 Å². The fraction of sp³-hybridized carbons (Fsp3) is 0.500. The van der Waals surface area contributed by atoms with Gasteiger partial charge < -0.3 is 9.64 Å². The Morgan fingerprint density at radius 1 is 1.40 bits per heavy atom. The van der Waals surface area contributed by atoms with Crippen LogP contribution in [0.2, 0.25) is 0 Å². The van der Waals surface area contributed by atoms with Gasteiger partial charge in [-0.05, 0) is 45.1 Å². The number of carbonyl (C=O) groups is 1. The molecular weight excluding hydrogens is 256 g/mol. The first-order valence-corrected chi connectivity index (χ1v) is 6.81. The highest BCUT2D eigenvalue weighted by atomic mass is 16.5. The Labute approximate surface area is 117 Å². The molecule has 6 nitrogen and oxygen atoms in total. The van der Waals surface area contributed by atoms with Crippen LogP contribution in [0.1, 0.15) is 34.9 Å². The van der Waals surface area contributed by atoms with Gasteiger partial charge in [0.1, 0.15) is 5.56 Å². The summed E-state index contributed by atoms with van der Waals surface area (Å²) in [7, 11) is 3.50. The number of hydrogen-bond acceptors (Lipinski definition) is 5. The third kappa shape index (κ3) is 2.27. The molecule has 2 aromatic heterocycles. The first kappa shape index (κ1) is 13.1. The van der Waals surface area contributed by atoms with E-state index in [4.69, 9.17) is 4.74 Å². The molecule has 3 rings (SSSR count). The van der Waals surface area contributed by atoms with E-state index in [1.54, 1.807) is 16.6 Å². The summed E-state index contributed by atoms with van der Waals surface area (Å²) in [4.78, 5) is 18.6. The minimum atomic E-state index is -0.377. The second-order valence-electron chi connectivity index (χ2n) is 5.23. The lowest BCUT2D eigenvalue weighted by Gasteiger charge is -2.26. The Balaban J connectivity index is 1.96. The lowest BCUT2D eigenvalue weighted by molar-refractivity contribution is 0.0602. The minimum Gasteiger partial charge on any atom is -0.465 e. The third-order valence-electron chi connectivity index (χ3n) is 3.87. The van der Waals surface area contributed by atoms with E-state index in [0.29, 0.717) is 17.1 Å². The molecule has 0 aromatic carbocycles. The zero-order valence-corrected chi connectivity index (χ0v) is 11.7. The molecular formula is C14H18N4O2. The smallest absolute Gasteiger partial charge is 0.341 e. The van der Waals surface area contributed by atoms with Crippen molar-refractivity contribution in [3.05, 3.63) is 29.7 Å². The number of methoxy groups -OCH3 is 1. The second-order valence-corrected chi connectivity index (χ2v) is 5.23. The van der Waals surface area contributed by atoms with E-state index in [-0.39, 0.29) is 5.97 Å². The number of piperidine rings is 1. The maximum Gasteiger partial charge on any atom is 0.341 e. The number of fused-ring (bicyclic) bond motifs is 1. The molecule has 1 aliphatic heterocycles. The summed E-state index contributed by atoms with van der Waals surface area (Å²) in [6, 6.07) is 3.50. The number of ether oxygens (including phenoxy) is 1. The van der Waals surface area contributed by atoms with Gasteiger partial charge in [0.25, 0.3) is 0 Å². The molecule has 1 fully saturated rings. The van der Waals surface area contributed by atoms with Gasteiger partial charge in [0.15, 0.2) is 11.5 Å². The molecule has 20 heavy (non-hydrogen) atoms. The predicted molar refractivity (Wildman–Crippen MR) is 73.8 cm³/mol. The van der Waals surface area contributed by atoms with E-state index >= 15 is 0 Å². The van der Waals surface area contributed by atoms with Crippen molar-refractivity contribution in [1.82, 2.24) is 19.5 Å². The number of aromatic nitrogens is 3. The van der Waals surface area contributed by atoms with Crippen LogP contribution in [-0.4, -0.2) is 52.7 Å². The zero-order valence-electron chi connectivity index (χ0n) is 11.7. The van der Waals surface area contributed by atoms with Crippen LogP contribution in [-0.2, 0) is 4.74 Å². The molecule has 6 heteroatoms. The molecule has 0 aliphatic carbocycles. The summed E-state index contributed by atoms with van der Waals surface area (Å²) in [6.45, 7) is 2.12. The first-order valence-electron chi connectivity index (χ1n) is 6.81.